The maximum absolute atomic E-state index is 12.0. The molecule has 0 atom stereocenters. The number of carbonyl (C=O) groups is 1. The fourth-order valence-electron chi connectivity index (χ4n) is 2.40. The number of nitrogens with one attached hydrogen (secondary N) is 1. The van der Waals surface area contributed by atoms with Gasteiger partial charge in [0.15, 0.2) is 0 Å². The Bertz CT molecular complexity index is 546. The normalized spacial score (nSPS) is 10.5. The van der Waals surface area contributed by atoms with E-state index in [2.05, 4.69) is 12.2 Å². The molecule has 0 radical (unpaired) electrons. The smallest absolute Gasteiger partial charge is 0.224 e. The summed E-state index contributed by atoms with van der Waals surface area (Å²) in [4.78, 5) is 12.0. The standard InChI is InChI=1S/C18H24N2O/c1-2-3-4-5-6-13-18(21)19-16-11-7-8-12-17(16)20-14-9-10-15-20/h7-12,14-15H,2-6,13H2,1H3,(H,19,21). The molecular formula is C18H24N2O. The zero-order valence-corrected chi connectivity index (χ0v) is 12.7. The molecule has 0 saturated carbocycles. The highest BCUT2D eigenvalue weighted by atomic mass is 16.1. The average Bonchev–Trinajstić information content (AvgIpc) is 3.02. The van der Waals surface area contributed by atoms with Gasteiger partial charge in [0.2, 0.25) is 5.91 Å². The van der Waals surface area contributed by atoms with Gasteiger partial charge in [-0.1, -0.05) is 44.7 Å². The fourth-order valence-corrected chi connectivity index (χ4v) is 2.40. The van der Waals surface area contributed by atoms with Crippen molar-refractivity contribution in [2.24, 2.45) is 0 Å². The van der Waals surface area contributed by atoms with E-state index in [-0.39, 0.29) is 5.91 Å². The van der Waals surface area contributed by atoms with Crippen molar-refractivity contribution in [1.82, 2.24) is 4.57 Å². The highest BCUT2D eigenvalue weighted by molar-refractivity contribution is 5.92. The minimum atomic E-state index is 0.103. The number of carbonyl (C=O) groups excluding carboxylic acids is 1. The van der Waals surface area contributed by atoms with Gasteiger partial charge < -0.3 is 9.88 Å². The number of hydrogen-bond acceptors (Lipinski definition) is 1. The third kappa shape index (κ3) is 4.78. The predicted molar refractivity (Wildman–Crippen MR) is 87.8 cm³/mol. The van der Waals surface area contributed by atoms with Crippen molar-refractivity contribution in [1.29, 1.82) is 0 Å². The van der Waals surface area contributed by atoms with E-state index < -0.39 is 0 Å². The molecule has 3 heteroatoms. The molecule has 1 aromatic carbocycles. The highest BCUT2D eigenvalue weighted by Gasteiger charge is 2.07. The van der Waals surface area contributed by atoms with E-state index in [4.69, 9.17) is 0 Å². The molecule has 0 spiro atoms. The van der Waals surface area contributed by atoms with Gasteiger partial charge in [0.25, 0.3) is 0 Å². The van der Waals surface area contributed by atoms with E-state index in [0.29, 0.717) is 6.42 Å². The molecule has 1 heterocycles. The number of unbranched alkanes of at least 4 members (excludes halogenated alkanes) is 4. The van der Waals surface area contributed by atoms with E-state index in [1.165, 1.54) is 19.3 Å². The molecule has 3 nitrogen and oxygen atoms in total. The lowest BCUT2D eigenvalue weighted by atomic mass is 10.1. The first-order chi connectivity index (χ1) is 10.3. The Labute approximate surface area is 127 Å². The summed E-state index contributed by atoms with van der Waals surface area (Å²) in [6.45, 7) is 2.20. The first-order valence-electron chi connectivity index (χ1n) is 7.83. The molecule has 1 aromatic heterocycles. The van der Waals surface area contributed by atoms with E-state index >= 15 is 0 Å². The molecular weight excluding hydrogens is 260 g/mol. The molecule has 2 aromatic rings. The molecule has 0 aliphatic carbocycles. The van der Waals surface area contributed by atoms with E-state index in [0.717, 1.165) is 24.2 Å². The number of para-hydroxylation sites is 2. The van der Waals surface area contributed by atoms with Crippen LogP contribution in [0.1, 0.15) is 45.4 Å². The van der Waals surface area contributed by atoms with Gasteiger partial charge in [-0.2, -0.15) is 0 Å². The lowest BCUT2D eigenvalue weighted by molar-refractivity contribution is -0.116. The van der Waals surface area contributed by atoms with Crippen molar-refractivity contribution >= 4 is 11.6 Å². The van der Waals surface area contributed by atoms with Gasteiger partial charge in [0, 0.05) is 18.8 Å². The van der Waals surface area contributed by atoms with E-state index in [9.17, 15) is 4.79 Å². The van der Waals surface area contributed by atoms with Crippen LogP contribution in [-0.2, 0) is 4.79 Å². The maximum atomic E-state index is 12.0. The predicted octanol–water partition coefficient (Wildman–Crippen LogP) is 4.78. The fraction of sp³-hybridized carbons (Fsp3) is 0.389. The maximum Gasteiger partial charge on any atom is 0.224 e. The van der Waals surface area contributed by atoms with Gasteiger partial charge in [-0.3, -0.25) is 4.79 Å². The van der Waals surface area contributed by atoms with Crippen LogP contribution < -0.4 is 5.32 Å². The zero-order chi connectivity index (χ0) is 14.9. The summed E-state index contributed by atoms with van der Waals surface area (Å²) in [5, 5.41) is 3.03. The summed E-state index contributed by atoms with van der Waals surface area (Å²) in [6, 6.07) is 11.8. The van der Waals surface area contributed by atoms with Crippen molar-refractivity contribution in [2.45, 2.75) is 45.4 Å². The van der Waals surface area contributed by atoms with Crippen molar-refractivity contribution in [3.8, 4) is 5.69 Å². The van der Waals surface area contributed by atoms with E-state index in [1.54, 1.807) is 0 Å². The van der Waals surface area contributed by atoms with Crippen LogP contribution in [0.4, 0.5) is 5.69 Å². The van der Waals surface area contributed by atoms with Crippen LogP contribution in [0.3, 0.4) is 0 Å². The van der Waals surface area contributed by atoms with Gasteiger partial charge in [0.1, 0.15) is 0 Å². The van der Waals surface area contributed by atoms with Crippen LogP contribution in [0.15, 0.2) is 48.8 Å². The van der Waals surface area contributed by atoms with Crippen molar-refractivity contribution in [3.05, 3.63) is 48.8 Å². The van der Waals surface area contributed by atoms with Crippen LogP contribution in [0, 0.1) is 0 Å². The quantitative estimate of drug-likeness (QED) is 0.696. The second kappa shape index (κ2) is 8.30. The van der Waals surface area contributed by atoms with Gasteiger partial charge in [-0.25, -0.2) is 0 Å². The molecule has 0 fully saturated rings. The van der Waals surface area contributed by atoms with Crippen LogP contribution in [0.25, 0.3) is 5.69 Å². The molecule has 1 amide bonds. The summed E-state index contributed by atoms with van der Waals surface area (Å²) in [7, 11) is 0. The molecule has 112 valence electrons. The molecule has 0 aliphatic rings. The SMILES string of the molecule is CCCCCCCC(=O)Nc1ccccc1-n1cccc1. The number of rotatable bonds is 8. The lowest BCUT2D eigenvalue weighted by Crippen LogP contribution is -2.12. The Morgan fingerprint density at radius 2 is 1.71 bits per heavy atom. The van der Waals surface area contributed by atoms with Crippen molar-refractivity contribution in [2.75, 3.05) is 5.32 Å². The largest absolute Gasteiger partial charge is 0.324 e. The van der Waals surface area contributed by atoms with E-state index in [1.807, 2.05) is 53.4 Å². The number of hydrogen-bond donors (Lipinski definition) is 1. The molecule has 0 bridgehead atoms. The Morgan fingerprint density at radius 1 is 1.00 bits per heavy atom. The number of anilines is 1. The Kier molecular flexibility index (Phi) is 6.07. The van der Waals surface area contributed by atoms with Gasteiger partial charge in [0.05, 0.1) is 11.4 Å². The lowest BCUT2D eigenvalue weighted by Gasteiger charge is -2.12. The Morgan fingerprint density at radius 3 is 2.48 bits per heavy atom. The van der Waals surface area contributed by atoms with Gasteiger partial charge in [-0.05, 0) is 30.7 Å². The number of aromatic nitrogens is 1. The van der Waals surface area contributed by atoms with Crippen LogP contribution in [0.2, 0.25) is 0 Å². The van der Waals surface area contributed by atoms with Crippen molar-refractivity contribution < 1.29 is 4.79 Å². The van der Waals surface area contributed by atoms with Gasteiger partial charge >= 0.3 is 0 Å². The highest BCUT2D eigenvalue weighted by Crippen LogP contribution is 2.20. The molecule has 0 unspecified atom stereocenters. The van der Waals surface area contributed by atoms with Gasteiger partial charge in [-0.15, -0.1) is 0 Å². The summed E-state index contributed by atoms with van der Waals surface area (Å²) in [6.07, 6.45) is 10.4. The second-order valence-corrected chi connectivity index (χ2v) is 5.32. The van der Waals surface area contributed by atoms with Crippen LogP contribution in [-0.4, -0.2) is 10.5 Å². The molecule has 0 aliphatic heterocycles. The van der Waals surface area contributed by atoms with Crippen LogP contribution >= 0.6 is 0 Å². The summed E-state index contributed by atoms with van der Waals surface area (Å²) < 4.78 is 2.01. The first kappa shape index (κ1) is 15.4. The number of amides is 1. The number of benzene rings is 1. The van der Waals surface area contributed by atoms with Crippen molar-refractivity contribution in [3.63, 3.8) is 0 Å². The summed E-state index contributed by atoms with van der Waals surface area (Å²) >= 11 is 0. The minimum Gasteiger partial charge on any atom is -0.324 e. The topological polar surface area (TPSA) is 34.0 Å². The zero-order valence-electron chi connectivity index (χ0n) is 12.7. The molecule has 1 N–H and O–H groups in total. The van der Waals surface area contributed by atoms with Crippen LogP contribution in [0.5, 0.6) is 0 Å². The second-order valence-electron chi connectivity index (χ2n) is 5.32. The molecule has 2 rings (SSSR count). The monoisotopic (exact) mass is 284 g/mol. The Balaban J connectivity index is 1.89. The first-order valence-corrected chi connectivity index (χ1v) is 7.83. The Hall–Kier alpha value is -2.03. The average molecular weight is 284 g/mol. The third-order valence-electron chi connectivity index (χ3n) is 3.57. The summed E-state index contributed by atoms with van der Waals surface area (Å²) in [5.41, 5.74) is 1.87. The molecule has 21 heavy (non-hydrogen) atoms. The summed E-state index contributed by atoms with van der Waals surface area (Å²) in [5.74, 6) is 0.103. The molecule has 0 saturated heterocycles. The minimum absolute atomic E-state index is 0.103. The third-order valence-corrected chi connectivity index (χ3v) is 3.57. The number of nitrogens with zero attached hydrogens (tertiary/aromatic N) is 1.